The van der Waals surface area contributed by atoms with Gasteiger partial charge in [0.15, 0.2) is 0 Å². The minimum Gasteiger partial charge on any atom is -0.378 e. The van der Waals surface area contributed by atoms with Gasteiger partial charge in [-0.2, -0.15) is 48.3 Å². The van der Waals surface area contributed by atoms with E-state index in [1.54, 1.807) is 19.0 Å². The highest BCUT2D eigenvalue weighted by Gasteiger charge is 2.87. The van der Waals surface area contributed by atoms with Crippen LogP contribution in [0.2, 0.25) is 0 Å². The number of nitrogens with zero attached hydrogens (tertiary/aromatic N) is 1. The molecule has 0 aromatic heterocycles. The number of ether oxygens (including phenoxy) is 1. The zero-order chi connectivity index (χ0) is 24.0. The summed E-state index contributed by atoms with van der Waals surface area (Å²) in [6.45, 7) is 0.779. The summed E-state index contributed by atoms with van der Waals surface area (Å²) in [5, 5.41) is 0. The highest BCUT2D eigenvalue weighted by Crippen LogP contribution is 2.59. The number of halogens is 11. The van der Waals surface area contributed by atoms with E-state index in [9.17, 15) is 48.3 Å². The van der Waals surface area contributed by atoms with E-state index in [1.165, 1.54) is 12.1 Å². The van der Waals surface area contributed by atoms with Crippen molar-refractivity contribution in [1.29, 1.82) is 0 Å². The van der Waals surface area contributed by atoms with Crippen LogP contribution in [-0.2, 0) is 10.3 Å². The average Bonchev–Trinajstić information content (AvgIpc) is 2.59. The Morgan fingerprint density at radius 2 is 1.17 bits per heavy atom. The summed E-state index contributed by atoms with van der Waals surface area (Å²) in [6.07, 6.45) is -9.50. The molecule has 13 heteroatoms. The van der Waals surface area contributed by atoms with Crippen molar-refractivity contribution in [2.24, 2.45) is 0 Å². The van der Waals surface area contributed by atoms with Gasteiger partial charge in [0.25, 0.3) is 0 Å². The second-order valence-corrected chi connectivity index (χ2v) is 6.98. The fourth-order valence-electron chi connectivity index (χ4n) is 2.54. The zero-order valence-electron chi connectivity index (χ0n) is 16.0. The van der Waals surface area contributed by atoms with Crippen molar-refractivity contribution in [1.82, 2.24) is 0 Å². The minimum absolute atomic E-state index is 0.225. The lowest BCUT2D eigenvalue weighted by Gasteiger charge is -2.40. The number of benzene rings is 1. The summed E-state index contributed by atoms with van der Waals surface area (Å²) in [6, 6.07) is 4.95. The van der Waals surface area contributed by atoms with E-state index in [-0.39, 0.29) is 5.56 Å². The Labute approximate surface area is 164 Å². The van der Waals surface area contributed by atoms with Crippen molar-refractivity contribution in [3.63, 3.8) is 0 Å². The Hall–Kier alpha value is -1.79. The van der Waals surface area contributed by atoms with Gasteiger partial charge < -0.3 is 9.64 Å². The largest absolute Gasteiger partial charge is 0.460 e. The van der Waals surface area contributed by atoms with Crippen LogP contribution in [0.3, 0.4) is 0 Å². The Kier molecular flexibility index (Phi) is 6.75. The van der Waals surface area contributed by atoms with Crippen LogP contribution in [0.15, 0.2) is 24.3 Å². The fourth-order valence-corrected chi connectivity index (χ4v) is 2.54. The molecule has 0 amide bonds. The first-order valence-electron chi connectivity index (χ1n) is 8.09. The van der Waals surface area contributed by atoms with Crippen LogP contribution in [0.25, 0.3) is 0 Å². The highest BCUT2D eigenvalue weighted by atomic mass is 19.4. The topological polar surface area (TPSA) is 12.5 Å². The van der Waals surface area contributed by atoms with Crippen LogP contribution < -0.4 is 4.90 Å². The monoisotopic (exact) mass is 461 g/mol. The van der Waals surface area contributed by atoms with Gasteiger partial charge >= 0.3 is 29.9 Å². The molecule has 1 unspecified atom stereocenters. The van der Waals surface area contributed by atoms with Crippen molar-refractivity contribution < 1.29 is 53.0 Å². The van der Waals surface area contributed by atoms with Gasteiger partial charge in [-0.15, -0.1) is 0 Å². The quantitative estimate of drug-likeness (QED) is 0.434. The zero-order valence-corrected chi connectivity index (χ0v) is 16.0. The van der Waals surface area contributed by atoms with Crippen LogP contribution >= 0.6 is 0 Å². The van der Waals surface area contributed by atoms with Gasteiger partial charge in [0.2, 0.25) is 0 Å². The minimum atomic E-state index is -7.44. The number of hydrogen-bond donors (Lipinski definition) is 0. The van der Waals surface area contributed by atoms with Crippen LogP contribution in [0.1, 0.15) is 18.9 Å². The smallest absolute Gasteiger partial charge is 0.378 e. The Bertz CT molecular complexity index is 728. The number of methoxy groups -OCH3 is 1. The van der Waals surface area contributed by atoms with Gasteiger partial charge in [-0.3, -0.25) is 0 Å². The van der Waals surface area contributed by atoms with Crippen molar-refractivity contribution in [3.8, 4) is 0 Å². The third-order valence-corrected chi connectivity index (χ3v) is 4.61. The molecule has 0 aliphatic rings. The summed E-state index contributed by atoms with van der Waals surface area (Å²) in [5.41, 5.74) is -2.12. The summed E-state index contributed by atoms with van der Waals surface area (Å²) in [7, 11) is 3.99. The van der Waals surface area contributed by atoms with E-state index >= 15 is 0 Å². The fraction of sp³-hybridized carbons (Fsp3) is 0.647. The Balaban J connectivity index is 3.40. The molecule has 30 heavy (non-hydrogen) atoms. The molecule has 2 nitrogen and oxygen atoms in total. The predicted octanol–water partition coefficient (Wildman–Crippen LogP) is 6.11. The summed E-state index contributed by atoms with van der Waals surface area (Å²) in [4.78, 5) is 1.58. The van der Waals surface area contributed by atoms with Crippen molar-refractivity contribution in [3.05, 3.63) is 29.8 Å². The maximum atomic E-state index is 14.2. The molecule has 0 radical (unpaired) electrons. The molecule has 0 aliphatic heterocycles. The summed E-state index contributed by atoms with van der Waals surface area (Å²) < 4.78 is 150. The molecule has 1 rings (SSSR count). The van der Waals surface area contributed by atoms with Gasteiger partial charge in [-0.1, -0.05) is 12.1 Å². The van der Waals surface area contributed by atoms with Crippen LogP contribution in [-0.4, -0.2) is 51.1 Å². The van der Waals surface area contributed by atoms with Gasteiger partial charge in [0, 0.05) is 26.9 Å². The molecular weight excluding hydrogens is 443 g/mol. The number of anilines is 1. The maximum absolute atomic E-state index is 14.2. The lowest BCUT2D eigenvalue weighted by atomic mass is 9.84. The van der Waals surface area contributed by atoms with E-state index in [4.69, 9.17) is 4.74 Å². The number of alkyl halides is 11. The van der Waals surface area contributed by atoms with Crippen molar-refractivity contribution >= 4 is 5.69 Å². The molecule has 1 atom stereocenters. The van der Waals surface area contributed by atoms with Gasteiger partial charge in [-0.05, 0) is 24.6 Å². The molecule has 0 spiro atoms. The SMILES string of the molecule is COC(C)(CC(F)(F)C(F)(F)C(F)(F)C(F)(F)C(F)(F)F)c1ccc(N(C)C)cc1. The second kappa shape index (κ2) is 7.72. The molecule has 1 aromatic carbocycles. The van der Waals surface area contributed by atoms with Crippen LogP contribution in [0.5, 0.6) is 0 Å². The lowest BCUT2D eigenvalue weighted by Crippen LogP contribution is -2.67. The van der Waals surface area contributed by atoms with Crippen molar-refractivity contribution in [2.75, 3.05) is 26.1 Å². The van der Waals surface area contributed by atoms with Crippen molar-refractivity contribution in [2.45, 2.75) is 48.8 Å². The van der Waals surface area contributed by atoms with E-state index in [2.05, 4.69) is 0 Å². The number of hydrogen-bond acceptors (Lipinski definition) is 2. The summed E-state index contributed by atoms with van der Waals surface area (Å²) in [5.74, 6) is -27.9. The molecule has 0 aliphatic carbocycles. The molecular formula is C17H18F11NO. The van der Waals surface area contributed by atoms with E-state index in [0.29, 0.717) is 5.69 Å². The average molecular weight is 461 g/mol. The molecule has 0 saturated carbocycles. The molecule has 174 valence electrons. The normalized spacial score (nSPS) is 16.4. The van der Waals surface area contributed by atoms with Gasteiger partial charge in [0.05, 0.1) is 12.0 Å². The molecule has 0 saturated heterocycles. The maximum Gasteiger partial charge on any atom is 0.460 e. The molecule has 0 fully saturated rings. The van der Waals surface area contributed by atoms with Crippen LogP contribution in [0.4, 0.5) is 54.0 Å². The van der Waals surface area contributed by atoms with Gasteiger partial charge in [0.1, 0.15) is 0 Å². The lowest BCUT2D eigenvalue weighted by molar-refractivity contribution is -0.424. The molecule has 0 N–H and O–H groups in total. The summed E-state index contributed by atoms with van der Waals surface area (Å²) >= 11 is 0. The van der Waals surface area contributed by atoms with E-state index < -0.39 is 41.9 Å². The molecule has 1 aromatic rings. The van der Waals surface area contributed by atoms with Crippen LogP contribution in [0, 0.1) is 0 Å². The first-order valence-corrected chi connectivity index (χ1v) is 8.09. The second-order valence-electron chi connectivity index (χ2n) is 6.98. The first-order chi connectivity index (χ1) is 13.2. The standard InChI is InChI=1S/C17H18F11NO/c1-12(30-4,10-5-7-11(8-6-10)29(2)3)9-13(18,19)14(20,21)15(22,23)16(24,25)17(26,27)28/h5-8H,9H2,1-4H3. The Morgan fingerprint density at radius 3 is 1.50 bits per heavy atom. The van der Waals surface area contributed by atoms with E-state index in [0.717, 1.165) is 26.2 Å². The number of rotatable bonds is 8. The van der Waals surface area contributed by atoms with E-state index in [1.807, 2.05) is 0 Å². The first kappa shape index (κ1) is 26.2. The predicted molar refractivity (Wildman–Crippen MR) is 85.6 cm³/mol. The van der Waals surface area contributed by atoms with Gasteiger partial charge in [-0.25, -0.2) is 0 Å². The molecule has 0 bridgehead atoms. The Morgan fingerprint density at radius 1 is 0.733 bits per heavy atom. The highest BCUT2D eigenvalue weighted by molar-refractivity contribution is 5.47. The third kappa shape index (κ3) is 4.17. The molecule has 0 heterocycles. The third-order valence-electron chi connectivity index (χ3n) is 4.61.